The Morgan fingerprint density at radius 1 is 1.18 bits per heavy atom. The minimum Gasteiger partial charge on any atom is -0.508 e. The molecule has 1 rings (SSSR count). The van der Waals surface area contributed by atoms with E-state index in [1.165, 1.54) is 24.3 Å². The molecule has 1 aromatic rings. The number of nitrogens with two attached hydrogens (primary N) is 1. The first-order valence-corrected chi connectivity index (χ1v) is 4.91. The van der Waals surface area contributed by atoms with Gasteiger partial charge in [0.2, 0.25) is 0 Å². The number of carbonyl (C=O) groups is 2. The van der Waals surface area contributed by atoms with E-state index >= 15 is 0 Å². The van der Waals surface area contributed by atoms with Gasteiger partial charge in [0.15, 0.2) is 0 Å². The lowest BCUT2D eigenvalue weighted by atomic mass is 9.89. The van der Waals surface area contributed by atoms with Crippen molar-refractivity contribution in [2.75, 3.05) is 0 Å². The molecule has 0 aliphatic heterocycles. The quantitative estimate of drug-likeness (QED) is 0.588. The number of hydrogen-bond donors (Lipinski definition) is 4. The Morgan fingerprint density at radius 3 is 2.12 bits per heavy atom. The second-order valence-electron chi connectivity index (χ2n) is 3.66. The van der Waals surface area contributed by atoms with Gasteiger partial charge in [-0.15, -0.1) is 0 Å². The Balaban J connectivity index is 3.01. The lowest BCUT2D eigenvalue weighted by molar-refractivity contribution is -0.140. The molecule has 2 atom stereocenters. The summed E-state index contributed by atoms with van der Waals surface area (Å²) in [6.45, 7) is 0. The Labute approximate surface area is 97.3 Å². The summed E-state index contributed by atoms with van der Waals surface area (Å²) < 4.78 is 0. The molecule has 6 nitrogen and oxygen atoms in total. The molecule has 0 saturated carbocycles. The molecule has 0 aliphatic rings. The highest BCUT2D eigenvalue weighted by Crippen LogP contribution is 2.24. The third-order valence-electron chi connectivity index (χ3n) is 2.43. The molecule has 0 saturated heterocycles. The van der Waals surface area contributed by atoms with Gasteiger partial charge in [0.1, 0.15) is 11.8 Å². The molecule has 0 amide bonds. The van der Waals surface area contributed by atoms with Crippen LogP contribution in [0.4, 0.5) is 0 Å². The fourth-order valence-corrected chi connectivity index (χ4v) is 1.53. The fraction of sp³-hybridized carbons (Fsp3) is 0.273. The highest BCUT2D eigenvalue weighted by Gasteiger charge is 2.27. The predicted molar refractivity (Wildman–Crippen MR) is 58.7 cm³/mol. The second-order valence-corrected chi connectivity index (χ2v) is 3.66. The van der Waals surface area contributed by atoms with Crippen molar-refractivity contribution in [1.29, 1.82) is 0 Å². The van der Waals surface area contributed by atoms with E-state index in [0.29, 0.717) is 5.56 Å². The van der Waals surface area contributed by atoms with Crippen LogP contribution in [-0.2, 0) is 9.59 Å². The van der Waals surface area contributed by atoms with Gasteiger partial charge in [0, 0.05) is 5.92 Å². The van der Waals surface area contributed by atoms with E-state index < -0.39 is 23.9 Å². The molecule has 0 radical (unpaired) electrons. The molecule has 2 unspecified atom stereocenters. The normalized spacial score (nSPS) is 13.9. The zero-order valence-corrected chi connectivity index (χ0v) is 8.91. The zero-order valence-electron chi connectivity index (χ0n) is 8.91. The van der Waals surface area contributed by atoms with Crippen LogP contribution in [0.1, 0.15) is 17.9 Å². The van der Waals surface area contributed by atoms with E-state index in [9.17, 15) is 9.59 Å². The van der Waals surface area contributed by atoms with Crippen LogP contribution < -0.4 is 5.73 Å². The smallest absolute Gasteiger partial charge is 0.321 e. The maximum absolute atomic E-state index is 10.8. The van der Waals surface area contributed by atoms with Gasteiger partial charge in [-0.1, -0.05) is 12.1 Å². The molecule has 0 aliphatic carbocycles. The molecule has 0 bridgehead atoms. The highest BCUT2D eigenvalue weighted by atomic mass is 16.4. The van der Waals surface area contributed by atoms with Crippen LogP contribution in [0.3, 0.4) is 0 Å². The van der Waals surface area contributed by atoms with E-state index in [0.717, 1.165) is 0 Å². The number of carboxylic acid groups (broad SMARTS) is 2. The predicted octanol–water partition coefficient (Wildman–Crippen LogP) is 0.362. The Kier molecular flexibility index (Phi) is 4.06. The molecule has 92 valence electrons. The van der Waals surface area contributed by atoms with Crippen LogP contribution in [0.5, 0.6) is 5.75 Å². The minimum atomic E-state index is -1.30. The first-order chi connectivity index (χ1) is 7.91. The van der Waals surface area contributed by atoms with Crippen molar-refractivity contribution < 1.29 is 24.9 Å². The molecule has 0 fully saturated rings. The van der Waals surface area contributed by atoms with Crippen LogP contribution in [-0.4, -0.2) is 33.3 Å². The third kappa shape index (κ3) is 3.46. The van der Waals surface area contributed by atoms with E-state index in [1.54, 1.807) is 0 Å². The van der Waals surface area contributed by atoms with Crippen molar-refractivity contribution >= 4 is 11.9 Å². The van der Waals surface area contributed by atoms with Gasteiger partial charge in [-0.25, -0.2) is 0 Å². The van der Waals surface area contributed by atoms with Gasteiger partial charge >= 0.3 is 11.9 Å². The number of rotatable bonds is 5. The average molecular weight is 239 g/mol. The molecule has 5 N–H and O–H groups in total. The van der Waals surface area contributed by atoms with E-state index in [2.05, 4.69) is 0 Å². The Bertz CT molecular complexity index is 414. The van der Waals surface area contributed by atoms with Crippen LogP contribution >= 0.6 is 0 Å². The average Bonchev–Trinajstić information content (AvgIpc) is 2.26. The number of aromatic hydroxyl groups is 1. The molecular weight excluding hydrogens is 226 g/mol. The third-order valence-corrected chi connectivity index (χ3v) is 2.43. The summed E-state index contributed by atoms with van der Waals surface area (Å²) in [6, 6.07) is 4.35. The van der Waals surface area contributed by atoms with Crippen LogP contribution in [0.15, 0.2) is 24.3 Å². The maximum atomic E-state index is 10.8. The standard InChI is InChI=1S/C11H13NO5/c12-10(11(16)17)8(5-9(14)15)6-1-3-7(13)4-2-6/h1-4,8,10,13H,5,12H2,(H,14,15)(H,16,17). The van der Waals surface area contributed by atoms with Gasteiger partial charge in [0.25, 0.3) is 0 Å². The van der Waals surface area contributed by atoms with Gasteiger partial charge in [-0.2, -0.15) is 0 Å². The minimum absolute atomic E-state index is 0.0201. The Hall–Kier alpha value is -2.08. The van der Waals surface area contributed by atoms with Crippen LogP contribution in [0, 0.1) is 0 Å². The number of phenols is 1. The number of carboxylic acids is 2. The molecular formula is C11H13NO5. The van der Waals surface area contributed by atoms with Crippen molar-refractivity contribution in [2.24, 2.45) is 5.73 Å². The number of aliphatic carboxylic acids is 2. The summed E-state index contributed by atoms with van der Waals surface area (Å²) in [4.78, 5) is 21.5. The number of phenolic OH excluding ortho intramolecular Hbond substituents is 1. The largest absolute Gasteiger partial charge is 0.508 e. The second kappa shape index (κ2) is 5.31. The SMILES string of the molecule is NC(C(=O)O)C(CC(=O)O)c1ccc(O)cc1. The summed E-state index contributed by atoms with van der Waals surface area (Å²) in [6.07, 6.45) is -0.377. The maximum Gasteiger partial charge on any atom is 0.321 e. The summed E-state index contributed by atoms with van der Waals surface area (Å²) in [5.41, 5.74) is 5.93. The molecule has 0 aromatic heterocycles. The summed E-state index contributed by atoms with van der Waals surface area (Å²) in [5, 5.41) is 26.7. The van der Waals surface area contributed by atoms with Crippen molar-refractivity contribution in [1.82, 2.24) is 0 Å². The van der Waals surface area contributed by atoms with Gasteiger partial charge in [0.05, 0.1) is 6.42 Å². The zero-order chi connectivity index (χ0) is 13.0. The van der Waals surface area contributed by atoms with E-state index in [-0.39, 0.29) is 12.2 Å². The van der Waals surface area contributed by atoms with E-state index in [1.807, 2.05) is 0 Å². The first-order valence-electron chi connectivity index (χ1n) is 4.91. The molecule has 0 spiro atoms. The highest BCUT2D eigenvalue weighted by molar-refractivity contribution is 5.77. The van der Waals surface area contributed by atoms with Gasteiger partial charge in [-0.05, 0) is 17.7 Å². The fourth-order valence-electron chi connectivity index (χ4n) is 1.53. The van der Waals surface area contributed by atoms with Crippen molar-refractivity contribution in [3.05, 3.63) is 29.8 Å². The lowest BCUT2D eigenvalue weighted by Crippen LogP contribution is -2.37. The van der Waals surface area contributed by atoms with Gasteiger partial charge in [-0.3, -0.25) is 9.59 Å². The monoisotopic (exact) mass is 239 g/mol. The van der Waals surface area contributed by atoms with Crippen LogP contribution in [0.2, 0.25) is 0 Å². The van der Waals surface area contributed by atoms with Crippen LogP contribution in [0.25, 0.3) is 0 Å². The summed E-state index contributed by atoms with van der Waals surface area (Å²) in [7, 11) is 0. The van der Waals surface area contributed by atoms with Crippen molar-refractivity contribution in [3.63, 3.8) is 0 Å². The van der Waals surface area contributed by atoms with Crippen molar-refractivity contribution in [2.45, 2.75) is 18.4 Å². The molecule has 17 heavy (non-hydrogen) atoms. The Morgan fingerprint density at radius 2 is 1.71 bits per heavy atom. The lowest BCUT2D eigenvalue weighted by Gasteiger charge is -2.19. The van der Waals surface area contributed by atoms with E-state index in [4.69, 9.17) is 21.1 Å². The van der Waals surface area contributed by atoms with Crippen molar-refractivity contribution in [3.8, 4) is 5.75 Å². The summed E-state index contributed by atoms with van der Waals surface area (Å²) in [5.74, 6) is -3.19. The number of benzene rings is 1. The number of hydrogen-bond acceptors (Lipinski definition) is 4. The molecule has 6 heteroatoms. The molecule has 0 heterocycles. The van der Waals surface area contributed by atoms with Gasteiger partial charge < -0.3 is 21.1 Å². The summed E-state index contributed by atoms with van der Waals surface area (Å²) >= 11 is 0. The topological polar surface area (TPSA) is 121 Å². The first kappa shape index (κ1) is 13.0. The molecule has 1 aromatic carbocycles.